The van der Waals surface area contributed by atoms with Gasteiger partial charge in [0, 0.05) is 18.2 Å². The van der Waals surface area contributed by atoms with Gasteiger partial charge in [0.15, 0.2) is 9.84 Å². The molecule has 0 aromatic heterocycles. The predicted octanol–water partition coefficient (Wildman–Crippen LogP) is 4.72. The average molecular weight is 398 g/mol. The molecular formula is C19H21Cl2NO2S. The van der Waals surface area contributed by atoms with E-state index in [0.717, 1.165) is 24.0 Å². The van der Waals surface area contributed by atoms with Crippen LogP contribution in [0.25, 0.3) is 0 Å². The Hall–Kier alpha value is -1.07. The Bertz CT molecular complexity index is 896. The molecule has 0 spiro atoms. The van der Waals surface area contributed by atoms with Crippen molar-refractivity contribution in [2.75, 3.05) is 13.3 Å². The van der Waals surface area contributed by atoms with Gasteiger partial charge in [-0.25, -0.2) is 8.42 Å². The van der Waals surface area contributed by atoms with Gasteiger partial charge in [-0.2, -0.15) is 0 Å². The van der Waals surface area contributed by atoms with E-state index in [0.29, 0.717) is 10.0 Å². The van der Waals surface area contributed by atoms with Crippen LogP contribution in [-0.2, 0) is 15.6 Å². The number of rotatable bonds is 4. The topological polar surface area (TPSA) is 46.2 Å². The van der Waals surface area contributed by atoms with Crippen molar-refractivity contribution in [3.8, 4) is 0 Å². The predicted molar refractivity (Wildman–Crippen MR) is 104 cm³/mol. The van der Waals surface area contributed by atoms with Crippen LogP contribution in [0.15, 0.2) is 36.4 Å². The van der Waals surface area contributed by atoms with Gasteiger partial charge in [0.05, 0.1) is 15.8 Å². The monoisotopic (exact) mass is 397 g/mol. The van der Waals surface area contributed by atoms with Crippen LogP contribution >= 0.6 is 23.2 Å². The van der Waals surface area contributed by atoms with Crippen LogP contribution in [0, 0.1) is 0 Å². The maximum Gasteiger partial charge on any atom is 0.151 e. The fraction of sp³-hybridized carbons (Fsp3) is 0.368. The number of sulfone groups is 1. The second-order valence-electron chi connectivity index (χ2n) is 6.68. The molecular weight excluding hydrogens is 377 g/mol. The Kier molecular flexibility index (Phi) is 5.45. The number of hydrogen-bond acceptors (Lipinski definition) is 3. The number of fused-ring (bicyclic) bond motifs is 1. The van der Waals surface area contributed by atoms with Crippen molar-refractivity contribution in [1.82, 2.24) is 5.32 Å². The summed E-state index contributed by atoms with van der Waals surface area (Å²) in [6.07, 6.45) is 3.25. The molecule has 0 fully saturated rings. The molecule has 0 aliphatic heterocycles. The van der Waals surface area contributed by atoms with Gasteiger partial charge in [-0.05, 0) is 54.3 Å². The molecule has 2 aromatic carbocycles. The van der Waals surface area contributed by atoms with Gasteiger partial charge in [0.2, 0.25) is 0 Å². The Balaban J connectivity index is 2.04. The average Bonchev–Trinajstić information content (AvgIpc) is 2.55. The highest BCUT2D eigenvalue weighted by molar-refractivity contribution is 7.89. The standard InChI is InChI=1S/C19H21Cl2NO2S/c1-22-19-8-6-14(13-4-7-17(20)18(21)10-13)15-5-3-12(9-16(15)19)11-25(2,23)24/h3-5,7,9-10,14,19,22H,6,8,11H2,1-2H3/t14-,19?/m0/s1. The zero-order valence-corrected chi connectivity index (χ0v) is 16.5. The van der Waals surface area contributed by atoms with Crippen LogP contribution in [0.2, 0.25) is 10.0 Å². The molecule has 0 bridgehead atoms. The first kappa shape index (κ1) is 18.7. The number of benzene rings is 2. The summed E-state index contributed by atoms with van der Waals surface area (Å²) in [6, 6.07) is 12.0. The van der Waals surface area contributed by atoms with Crippen molar-refractivity contribution >= 4 is 33.0 Å². The Labute approximate surface area is 159 Å². The maximum atomic E-state index is 11.6. The Morgan fingerprint density at radius 1 is 1.04 bits per heavy atom. The molecule has 2 aromatic rings. The fourth-order valence-corrected chi connectivity index (χ4v) is 4.75. The van der Waals surface area contributed by atoms with E-state index in [2.05, 4.69) is 11.4 Å². The third-order valence-electron chi connectivity index (χ3n) is 4.77. The minimum atomic E-state index is -3.06. The normalized spacial score (nSPS) is 20.3. The van der Waals surface area contributed by atoms with Gasteiger partial charge >= 0.3 is 0 Å². The molecule has 25 heavy (non-hydrogen) atoms. The first-order valence-corrected chi connectivity index (χ1v) is 11.0. The van der Waals surface area contributed by atoms with Crippen molar-refractivity contribution < 1.29 is 8.42 Å². The summed E-state index contributed by atoms with van der Waals surface area (Å²) in [5.74, 6) is 0.301. The van der Waals surface area contributed by atoms with Crippen LogP contribution in [0.1, 0.15) is 47.1 Å². The van der Waals surface area contributed by atoms with E-state index < -0.39 is 9.84 Å². The highest BCUT2D eigenvalue weighted by atomic mass is 35.5. The minimum absolute atomic E-state index is 0.0636. The van der Waals surface area contributed by atoms with E-state index in [1.54, 1.807) is 0 Å². The zero-order valence-electron chi connectivity index (χ0n) is 14.2. The largest absolute Gasteiger partial charge is 0.313 e. The van der Waals surface area contributed by atoms with E-state index in [-0.39, 0.29) is 17.7 Å². The lowest BCUT2D eigenvalue weighted by Gasteiger charge is -2.32. The molecule has 1 aliphatic rings. The van der Waals surface area contributed by atoms with Gasteiger partial charge in [-0.15, -0.1) is 0 Å². The molecule has 1 unspecified atom stereocenters. The first-order chi connectivity index (χ1) is 11.8. The summed E-state index contributed by atoms with van der Waals surface area (Å²) in [4.78, 5) is 0. The number of halogens is 2. The van der Waals surface area contributed by atoms with E-state index in [9.17, 15) is 8.42 Å². The fourth-order valence-electron chi connectivity index (χ4n) is 3.66. The number of hydrogen-bond donors (Lipinski definition) is 1. The van der Waals surface area contributed by atoms with Crippen LogP contribution in [0.3, 0.4) is 0 Å². The minimum Gasteiger partial charge on any atom is -0.313 e. The van der Waals surface area contributed by atoms with Crippen molar-refractivity contribution in [1.29, 1.82) is 0 Å². The van der Waals surface area contributed by atoms with Gasteiger partial charge in [-0.1, -0.05) is 47.5 Å². The first-order valence-electron chi connectivity index (χ1n) is 8.21. The van der Waals surface area contributed by atoms with Crippen molar-refractivity contribution in [3.05, 3.63) is 68.7 Å². The zero-order chi connectivity index (χ0) is 18.2. The van der Waals surface area contributed by atoms with Gasteiger partial charge < -0.3 is 5.32 Å². The van der Waals surface area contributed by atoms with Crippen molar-refractivity contribution in [3.63, 3.8) is 0 Å². The molecule has 3 rings (SSSR count). The van der Waals surface area contributed by atoms with E-state index in [1.165, 1.54) is 17.4 Å². The molecule has 0 heterocycles. The third kappa shape index (κ3) is 4.20. The highest BCUT2D eigenvalue weighted by Gasteiger charge is 2.28. The lowest BCUT2D eigenvalue weighted by molar-refractivity contribution is 0.470. The van der Waals surface area contributed by atoms with E-state index in [4.69, 9.17) is 23.2 Å². The molecule has 0 amide bonds. The van der Waals surface area contributed by atoms with Crippen LogP contribution in [-0.4, -0.2) is 21.7 Å². The van der Waals surface area contributed by atoms with Gasteiger partial charge in [-0.3, -0.25) is 0 Å². The lowest BCUT2D eigenvalue weighted by Crippen LogP contribution is -2.24. The van der Waals surface area contributed by atoms with Crippen molar-refractivity contribution in [2.24, 2.45) is 0 Å². The summed E-state index contributed by atoms with van der Waals surface area (Å²) < 4.78 is 23.3. The van der Waals surface area contributed by atoms with Crippen LogP contribution < -0.4 is 5.32 Å². The highest BCUT2D eigenvalue weighted by Crippen LogP contribution is 2.42. The second-order valence-corrected chi connectivity index (χ2v) is 9.63. The van der Waals surface area contributed by atoms with Crippen LogP contribution in [0.5, 0.6) is 0 Å². The second kappa shape index (κ2) is 7.28. The third-order valence-corrected chi connectivity index (χ3v) is 6.37. The summed E-state index contributed by atoms with van der Waals surface area (Å²) in [5.41, 5.74) is 4.37. The molecule has 134 valence electrons. The lowest BCUT2D eigenvalue weighted by atomic mass is 9.76. The Morgan fingerprint density at radius 2 is 1.80 bits per heavy atom. The molecule has 6 heteroatoms. The maximum absolute atomic E-state index is 11.6. The number of nitrogens with one attached hydrogen (secondary N) is 1. The molecule has 2 atom stereocenters. The van der Waals surface area contributed by atoms with Gasteiger partial charge in [0.1, 0.15) is 0 Å². The molecule has 0 saturated carbocycles. The summed E-state index contributed by atoms with van der Waals surface area (Å²) >= 11 is 12.3. The molecule has 3 nitrogen and oxygen atoms in total. The van der Waals surface area contributed by atoms with Crippen LogP contribution in [0.4, 0.5) is 0 Å². The summed E-state index contributed by atoms with van der Waals surface area (Å²) in [6.45, 7) is 0. The molecule has 0 saturated heterocycles. The Morgan fingerprint density at radius 3 is 2.44 bits per heavy atom. The SMILES string of the molecule is CNC1CC[C@@H](c2ccc(Cl)c(Cl)c2)c2ccc(CS(C)(=O)=O)cc21. The smallest absolute Gasteiger partial charge is 0.151 e. The van der Waals surface area contributed by atoms with Gasteiger partial charge in [0.25, 0.3) is 0 Å². The molecule has 0 radical (unpaired) electrons. The molecule has 1 N–H and O–H groups in total. The van der Waals surface area contributed by atoms with Crippen molar-refractivity contribution in [2.45, 2.75) is 30.6 Å². The van der Waals surface area contributed by atoms with E-state index in [1.807, 2.05) is 37.4 Å². The molecule has 1 aliphatic carbocycles. The quantitative estimate of drug-likeness (QED) is 0.811. The van der Waals surface area contributed by atoms with E-state index >= 15 is 0 Å². The summed E-state index contributed by atoms with van der Waals surface area (Å²) in [7, 11) is -1.11. The summed E-state index contributed by atoms with van der Waals surface area (Å²) in [5, 5.41) is 4.46.